The highest BCUT2D eigenvalue weighted by Gasteiger charge is 2.43. The molecule has 0 aliphatic carbocycles. The summed E-state index contributed by atoms with van der Waals surface area (Å²) in [4.78, 5) is 25.0. The van der Waals surface area contributed by atoms with Gasteiger partial charge in [0.25, 0.3) is 10.0 Å². The predicted molar refractivity (Wildman–Crippen MR) is 133 cm³/mol. The van der Waals surface area contributed by atoms with Gasteiger partial charge in [-0.2, -0.15) is 13.2 Å². The van der Waals surface area contributed by atoms with Crippen molar-refractivity contribution in [3.8, 4) is 22.8 Å². The van der Waals surface area contributed by atoms with Crippen molar-refractivity contribution >= 4 is 32.9 Å². The number of pyridine rings is 1. The van der Waals surface area contributed by atoms with E-state index in [0.717, 1.165) is 0 Å². The quantitative estimate of drug-likeness (QED) is 0.379. The van der Waals surface area contributed by atoms with Gasteiger partial charge < -0.3 is 14.7 Å². The number of amides is 1. The van der Waals surface area contributed by atoms with Crippen LogP contribution in [0.25, 0.3) is 22.4 Å². The number of carbonyl (C=O) groups is 1. The van der Waals surface area contributed by atoms with Gasteiger partial charge in [-0.3, -0.25) is 9.52 Å². The lowest BCUT2D eigenvalue weighted by molar-refractivity contribution is -0.186. The molecule has 0 fully saturated rings. The number of methoxy groups -OCH3 is 1. The Morgan fingerprint density at radius 2 is 1.87 bits per heavy atom. The number of alkyl halides is 3. The standard InChI is InChI=1S/C25H20F3N5O5S/c1-38-21-11-15(3-7-20(21)34)18-5-6-19-23(30-18)31-22(12-29-19)32-39(36,37)17-4-2-14-8-9-33(13-16(14)10-17)24(35)25(26,27)28/h2-7,10-12,34H,8-9,13H2,1H3,(H,30,31,32). The van der Waals surface area contributed by atoms with E-state index in [1.165, 1.54) is 37.6 Å². The Morgan fingerprint density at radius 3 is 2.62 bits per heavy atom. The fraction of sp³-hybridized carbons (Fsp3) is 0.200. The molecule has 0 atom stereocenters. The van der Waals surface area contributed by atoms with Crippen molar-refractivity contribution < 1.29 is 36.2 Å². The molecule has 0 radical (unpaired) electrons. The van der Waals surface area contributed by atoms with Crippen molar-refractivity contribution in [1.29, 1.82) is 0 Å². The number of rotatable bonds is 5. The number of aromatic hydroxyl groups is 1. The average molecular weight is 560 g/mol. The number of nitrogens with zero attached hydrogens (tertiary/aromatic N) is 4. The molecular formula is C25H20F3N5O5S. The number of aromatic nitrogens is 3. The van der Waals surface area contributed by atoms with Crippen LogP contribution in [-0.4, -0.2) is 59.1 Å². The summed E-state index contributed by atoms with van der Waals surface area (Å²) in [5.74, 6) is -1.89. The Hall–Kier alpha value is -4.46. The molecule has 0 spiro atoms. The van der Waals surface area contributed by atoms with E-state index in [1.807, 2.05) is 0 Å². The second-order valence-electron chi connectivity index (χ2n) is 8.69. The number of hydrogen-bond donors (Lipinski definition) is 2. The van der Waals surface area contributed by atoms with Crippen molar-refractivity contribution in [2.45, 2.75) is 24.0 Å². The number of hydrogen-bond acceptors (Lipinski definition) is 8. The minimum atomic E-state index is -5.01. The Kier molecular flexibility index (Phi) is 6.50. The van der Waals surface area contributed by atoms with Crippen LogP contribution in [0.4, 0.5) is 19.0 Å². The summed E-state index contributed by atoms with van der Waals surface area (Å²) >= 11 is 0. The van der Waals surface area contributed by atoms with Crippen molar-refractivity contribution in [3.63, 3.8) is 0 Å². The molecule has 1 aliphatic heterocycles. The lowest BCUT2D eigenvalue weighted by atomic mass is 10.00. The topological polar surface area (TPSA) is 135 Å². The third-order valence-electron chi connectivity index (χ3n) is 6.15. The fourth-order valence-electron chi connectivity index (χ4n) is 4.19. The van der Waals surface area contributed by atoms with Gasteiger partial charge in [-0.1, -0.05) is 6.07 Å². The van der Waals surface area contributed by atoms with Crippen LogP contribution in [-0.2, 0) is 27.8 Å². The zero-order valence-corrected chi connectivity index (χ0v) is 21.0. The zero-order chi connectivity index (χ0) is 27.9. The van der Waals surface area contributed by atoms with E-state index in [-0.39, 0.29) is 47.4 Å². The minimum Gasteiger partial charge on any atom is -0.504 e. The van der Waals surface area contributed by atoms with Gasteiger partial charge in [0.1, 0.15) is 5.52 Å². The molecule has 3 heterocycles. The summed E-state index contributed by atoms with van der Waals surface area (Å²) in [5, 5.41) is 9.83. The highest BCUT2D eigenvalue weighted by atomic mass is 32.2. The first-order valence-corrected chi connectivity index (χ1v) is 12.9. The molecule has 0 saturated carbocycles. The lowest BCUT2D eigenvalue weighted by Crippen LogP contribution is -2.43. The second-order valence-corrected chi connectivity index (χ2v) is 10.4. The van der Waals surface area contributed by atoms with Crippen LogP contribution >= 0.6 is 0 Å². The molecule has 39 heavy (non-hydrogen) atoms. The maximum Gasteiger partial charge on any atom is 0.471 e. The number of benzene rings is 2. The van der Waals surface area contributed by atoms with E-state index < -0.39 is 22.1 Å². The van der Waals surface area contributed by atoms with Gasteiger partial charge in [0.05, 0.1) is 23.9 Å². The highest BCUT2D eigenvalue weighted by Crippen LogP contribution is 2.31. The number of anilines is 1. The van der Waals surface area contributed by atoms with E-state index >= 15 is 0 Å². The van der Waals surface area contributed by atoms with Crippen LogP contribution in [0.5, 0.6) is 11.5 Å². The number of ether oxygens (including phenoxy) is 1. The Balaban J connectivity index is 1.41. The number of sulfonamides is 1. The number of fused-ring (bicyclic) bond motifs is 2. The van der Waals surface area contributed by atoms with Gasteiger partial charge in [0, 0.05) is 18.7 Å². The zero-order valence-electron chi connectivity index (χ0n) is 20.2. The van der Waals surface area contributed by atoms with Gasteiger partial charge in [0.2, 0.25) is 0 Å². The molecule has 1 aliphatic rings. The molecule has 0 bridgehead atoms. The summed E-state index contributed by atoms with van der Waals surface area (Å²) in [6.45, 7) is -0.476. The molecule has 4 aromatic rings. The molecule has 14 heteroatoms. The van der Waals surface area contributed by atoms with Crippen LogP contribution in [0, 0.1) is 0 Å². The van der Waals surface area contributed by atoms with Crippen LogP contribution in [0.15, 0.2) is 59.6 Å². The van der Waals surface area contributed by atoms with Crippen molar-refractivity contribution in [2.24, 2.45) is 0 Å². The van der Waals surface area contributed by atoms with Crippen LogP contribution in [0.3, 0.4) is 0 Å². The third kappa shape index (κ3) is 5.27. The highest BCUT2D eigenvalue weighted by molar-refractivity contribution is 7.92. The number of nitrogens with one attached hydrogen (secondary N) is 1. The van der Waals surface area contributed by atoms with E-state index in [0.29, 0.717) is 32.8 Å². The van der Waals surface area contributed by atoms with Crippen LogP contribution < -0.4 is 9.46 Å². The molecule has 2 aromatic heterocycles. The summed E-state index contributed by atoms with van der Waals surface area (Å²) < 4.78 is 72.2. The molecule has 2 aromatic carbocycles. The summed E-state index contributed by atoms with van der Waals surface area (Å²) in [6.07, 6.45) is -3.63. The van der Waals surface area contributed by atoms with Gasteiger partial charge in [0.15, 0.2) is 23.0 Å². The van der Waals surface area contributed by atoms with Gasteiger partial charge in [-0.15, -0.1) is 0 Å². The number of phenols is 1. The SMILES string of the molecule is COc1cc(-c2ccc3ncc(NS(=O)(=O)c4ccc5c(c4)CN(C(=O)C(F)(F)F)CC5)nc3n2)ccc1O. The third-order valence-corrected chi connectivity index (χ3v) is 7.50. The molecule has 202 valence electrons. The van der Waals surface area contributed by atoms with Crippen molar-refractivity contribution in [2.75, 3.05) is 18.4 Å². The molecule has 5 rings (SSSR count). The van der Waals surface area contributed by atoms with Gasteiger partial charge >= 0.3 is 12.1 Å². The maximum absolute atomic E-state index is 13.1. The Labute approximate surface area is 220 Å². The largest absolute Gasteiger partial charge is 0.504 e. The summed E-state index contributed by atoms with van der Waals surface area (Å²) in [7, 11) is -2.79. The molecule has 10 nitrogen and oxygen atoms in total. The first kappa shape index (κ1) is 26.2. The normalized spacial score (nSPS) is 13.7. The number of halogens is 3. The van der Waals surface area contributed by atoms with E-state index in [9.17, 15) is 31.5 Å². The van der Waals surface area contributed by atoms with E-state index in [4.69, 9.17) is 4.74 Å². The van der Waals surface area contributed by atoms with Crippen LogP contribution in [0.1, 0.15) is 11.1 Å². The van der Waals surface area contributed by atoms with Crippen molar-refractivity contribution in [3.05, 3.63) is 65.9 Å². The fourth-order valence-corrected chi connectivity index (χ4v) is 5.23. The van der Waals surface area contributed by atoms with E-state index in [2.05, 4.69) is 19.7 Å². The van der Waals surface area contributed by atoms with Gasteiger partial charge in [-0.05, 0) is 60.0 Å². The molecular weight excluding hydrogens is 539 g/mol. The smallest absolute Gasteiger partial charge is 0.471 e. The Bertz CT molecular complexity index is 1710. The summed E-state index contributed by atoms with van der Waals surface area (Å²) in [5.41, 5.74) is 2.60. The Morgan fingerprint density at radius 1 is 1.08 bits per heavy atom. The number of phenolic OH excluding ortho intramolecular Hbond substituents is 1. The molecule has 0 saturated heterocycles. The monoisotopic (exact) mass is 559 g/mol. The molecule has 0 unspecified atom stereocenters. The van der Waals surface area contributed by atoms with E-state index in [1.54, 1.807) is 24.3 Å². The minimum absolute atomic E-state index is 0.0413. The first-order chi connectivity index (χ1) is 18.4. The second kappa shape index (κ2) is 9.69. The number of carbonyl (C=O) groups excluding carboxylic acids is 1. The van der Waals surface area contributed by atoms with Crippen molar-refractivity contribution in [1.82, 2.24) is 19.9 Å². The van der Waals surface area contributed by atoms with Gasteiger partial charge in [-0.25, -0.2) is 23.4 Å². The van der Waals surface area contributed by atoms with Crippen LogP contribution in [0.2, 0.25) is 0 Å². The summed E-state index contributed by atoms with van der Waals surface area (Å²) in [6, 6.07) is 12.1. The molecule has 1 amide bonds. The predicted octanol–water partition coefficient (Wildman–Crippen LogP) is 3.65. The maximum atomic E-state index is 13.1. The average Bonchev–Trinajstić information content (AvgIpc) is 2.91. The molecule has 2 N–H and O–H groups in total. The first-order valence-electron chi connectivity index (χ1n) is 11.5. The lowest BCUT2D eigenvalue weighted by Gasteiger charge is -2.29.